The number of nitrogen functional groups attached to an aromatic ring is 1. The highest BCUT2D eigenvalue weighted by atomic mass is 32.2. The molecular formula is C12H17NO3S. The summed E-state index contributed by atoms with van der Waals surface area (Å²) in [6.07, 6.45) is 0. The summed E-state index contributed by atoms with van der Waals surface area (Å²) in [5.74, 6) is 1.58. The van der Waals surface area contributed by atoms with Crippen LogP contribution in [0.4, 0.5) is 5.69 Å². The van der Waals surface area contributed by atoms with Gasteiger partial charge in [-0.1, -0.05) is 6.07 Å². The Labute approximate surface area is 105 Å². The van der Waals surface area contributed by atoms with Gasteiger partial charge in [0.25, 0.3) is 0 Å². The van der Waals surface area contributed by atoms with Crippen LogP contribution in [0.3, 0.4) is 0 Å². The van der Waals surface area contributed by atoms with Crippen molar-refractivity contribution in [2.45, 2.75) is 12.7 Å². The summed E-state index contributed by atoms with van der Waals surface area (Å²) < 4.78 is 9.90. The number of thioether (sulfide) groups is 1. The van der Waals surface area contributed by atoms with E-state index in [9.17, 15) is 4.79 Å². The van der Waals surface area contributed by atoms with Gasteiger partial charge in [0.15, 0.2) is 0 Å². The number of methoxy groups -OCH3 is 1. The standard InChI is InChI=1S/C12H17NO3S/c1-3-16-12(14)8-17-7-9-4-5-11(15-2)10(13)6-9/h4-6H,3,7-8,13H2,1-2H3. The Morgan fingerprint density at radius 3 is 2.82 bits per heavy atom. The van der Waals surface area contributed by atoms with Crippen molar-refractivity contribution in [1.29, 1.82) is 0 Å². The van der Waals surface area contributed by atoms with Crippen molar-refractivity contribution in [3.63, 3.8) is 0 Å². The number of esters is 1. The van der Waals surface area contributed by atoms with Crippen molar-refractivity contribution in [2.75, 3.05) is 25.2 Å². The minimum Gasteiger partial charge on any atom is -0.495 e. The van der Waals surface area contributed by atoms with E-state index >= 15 is 0 Å². The summed E-state index contributed by atoms with van der Waals surface area (Å²) >= 11 is 1.51. The van der Waals surface area contributed by atoms with Gasteiger partial charge in [0.1, 0.15) is 5.75 Å². The maximum atomic E-state index is 11.1. The average Bonchev–Trinajstić information content (AvgIpc) is 2.29. The Morgan fingerprint density at radius 2 is 2.24 bits per heavy atom. The molecule has 94 valence electrons. The number of carbonyl (C=O) groups excluding carboxylic acids is 1. The Kier molecular flexibility index (Phi) is 5.69. The molecule has 0 saturated carbocycles. The van der Waals surface area contributed by atoms with Crippen LogP contribution in [0.1, 0.15) is 12.5 Å². The predicted molar refractivity (Wildman–Crippen MR) is 70.2 cm³/mol. The Morgan fingerprint density at radius 1 is 1.47 bits per heavy atom. The van der Waals surface area contributed by atoms with Crippen LogP contribution in [-0.2, 0) is 15.3 Å². The first kappa shape index (κ1) is 13.7. The third-order valence-corrected chi connectivity index (χ3v) is 3.07. The van der Waals surface area contributed by atoms with Gasteiger partial charge in [-0.25, -0.2) is 0 Å². The number of nitrogens with two attached hydrogens (primary N) is 1. The zero-order valence-corrected chi connectivity index (χ0v) is 10.9. The van der Waals surface area contributed by atoms with Crippen molar-refractivity contribution >= 4 is 23.4 Å². The third-order valence-electron chi connectivity index (χ3n) is 2.09. The quantitative estimate of drug-likeness (QED) is 0.623. The number of ether oxygens (including phenoxy) is 2. The first-order valence-electron chi connectivity index (χ1n) is 5.33. The van der Waals surface area contributed by atoms with Gasteiger partial charge >= 0.3 is 5.97 Å². The molecule has 0 spiro atoms. The number of anilines is 1. The molecule has 1 rings (SSSR count). The molecule has 0 aromatic heterocycles. The molecule has 1 aromatic rings. The van der Waals surface area contributed by atoms with Crippen LogP contribution in [0.25, 0.3) is 0 Å². The second kappa shape index (κ2) is 7.06. The van der Waals surface area contributed by atoms with Crippen LogP contribution in [0.5, 0.6) is 5.75 Å². The molecule has 0 heterocycles. The fourth-order valence-electron chi connectivity index (χ4n) is 1.33. The molecule has 1 aromatic carbocycles. The van der Waals surface area contributed by atoms with Crippen LogP contribution < -0.4 is 10.5 Å². The van der Waals surface area contributed by atoms with E-state index in [1.54, 1.807) is 14.0 Å². The van der Waals surface area contributed by atoms with Gasteiger partial charge in [-0.05, 0) is 24.6 Å². The summed E-state index contributed by atoms with van der Waals surface area (Å²) in [5, 5.41) is 0. The van der Waals surface area contributed by atoms with Crippen LogP contribution in [-0.4, -0.2) is 25.4 Å². The molecule has 0 aliphatic rings. The van der Waals surface area contributed by atoms with E-state index in [1.807, 2.05) is 18.2 Å². The van der Waals surface area contributed by atoms with Crippen molar-refractivity contribution in [3.05, 3.63) is 23.8 Å². The van der Waals surface area contributed by atoms with E-state index in [2.05, 4.69) is 0 Å². The smallest absolute Gasteiger partial charge is 0.315 e. The monoisotopic (exact) mass is 255 g/mol. The Bertz CT molecular complexity index is 382. The predicted octanol–water partition coefficient (Wildman–Crippen LogP) is 2.07. The zero-order valence-electron chi connectivity index (χ0n) is 10.1. The van der Waals surface area contributed by atoms with Crippen LogP contribution in [0, 0.1) is 0 Å². The first-order chi connectivity index (χ1) is 8.17. The molecule has 0 amide bonds. The molecule has 4 nitrogen and oxygen atoms in total. The van der Waals surface area contributed by atoms with E-state index < -0.39 is 0 Å². The number of rotatable bonds is 6. The maximum Gasteiger partial charge on any atom is 0.315 e. The second-order valence-electron chi connectivity index (χ2n) is 3.37. The number of hydrogen-bond acceptors (Lipinski definition) is 5. The lowest BCUT2D eigenvalue weighted by Crippen LogP contribution is -2.06. The molecule has 0 aliphatic carbocycles. The normalized spacial score (nSPS) is 10.0. The van der Waals surface area contributed by atoms with Gasteiger partial charge < -0.3 is 15.2 Å². The number of hydrogen-bond donors (Lipinski definition) is 1. The molecule has 0 bridgehead atoms. The highest BCUT2D eigenvalue weighted by molar-refractivity contribution is 7.99. The third kappa shape index (κ3) is 4.56. The van der Waals surface area contributed by atoms with Crippen LogP contribution in [0.15, 0.2) is 18.2 Å². The molecule has 0 fully saturated rings. The van der Waals surface area contributed by atoms with E-state index in [-0.39, 0.29) is 5.97 Å². The molecule has 0 aliphatic heterocycles. The summed E-state index contributed by atoms with van der Waals surface area (Å²) in [6, 6.07) is 5.62. The van der Waals surface area contributed by atoms with Gasteiger partial charge in [-0.3, -0.25) is 4.79 Å². The summed E-state index contributed by atoms with van der Waals surface area (Å²) in [7, 11) is 1.58. The lowest BCUT2D eigenvalue weighted by atomic mass is 10.2. The molecule has 17 heavy (non-hydrogen) atoms. The minimum absolute atomic E-state index is 0.181. The van der Waals surface area contributed by atoms with Gasteiger partial charge in [-0.2, -0.15) is 0 Å². The van der Waals surface area contributed by atoms with E-state index in [1.165, 1.54) is 11.8 Å². The van der Waals surface area contributed by atoms with Gasteiger partial charge in [0.05, 0.1) is 25.2 Å². The highest BCUT2D eigenvalue weighted by Crippen LogP contribution is 2.24. The van der Waals surface area contributed by atoms with E-state index in [0.29, 0.717) is 23.8 Å². The van der Waals surface area contributed by atoms with E-state index in [4.69, 9.17) is 15.2 Å². The second-order valence-corrected chi connectivity index (χ2v) is 4.36. The van der Waals surface area contributed by atoms with Crippen molar-refractivity contribution in [1.82, 2.24) is 0 Å². The van der Waals surface area contributed by atoms with Gasteiger partial charge in [-0.15, -0.1) is 11.8 Å². The molecule has 0 unspecified atom stereocenters. The Hall–Kier alpha value is -1.36. The van der Waals surface area contributed by atoms with Gasteiger partial charge in [0, 0.05) is 5.75 Å². The molecule has 0 saturated heterocycles. The average molecular weight is 255 g/mol. The molecule has 0 radical (unpaired) electrons. The van der Waals surface area contributed by atoms with Crippen molar-refractivity contribution in [3.8, 4) is 5.75 Å². The van der Waals surface area contributed by atoms with Crippen LogP contribution >= 0.6 is 11.8 Å². The van der Waals surface area contributed by atoms with Crippen molar-refractivity contribution in [2.24, 2.45) is 0 Å². The van der Waals surface area contributed by atoms with Gasteiger partial charge in [0.2, 0.25) is 0 Å². The van der Waals surface area contributed by atoms with Crippen LogP contribution in [0.2, 0.25) is 0 Å². The number of benzene rings is 1. The van der Waals surface area contributed by atoms with E-state index in [0.717, 1.165) is 11.3 Å². The molecular weight excluding hydrogens is 238 g/mol. The largest absolute Gasteiger partial charge is 0.495 e. The molecule has 5 heteroatoms. The number of carbonyl (C=O) groups is 1. The lowest BCUT2D eigenvalue weighted by molar-refractivity contribution is -0.139. The summed E-state index contributed by atoms with van der Waals surface area (Å²) in [6.45, 7) is 2.22. The Balaban J connectivity index is 2.42. The highest BCUT2D eigenvalue weighted by Gasteiger charge is 2.04. The fraction of sp³-hybridized carbons (Fsp3) is 0.417. The first-order valence-corrected chi connectivity index (χ1v) is 6.48. The SMILES string of the molecule is CCOC(=O)CSCc1ccc(OC)c(N)c1. The topological polar surface area (TPSA) is 61.5 Å². The minimum atomic E-state index is -0.181. The zero-order chi connectivity index (χ0) is 12.7. The molecule has 2 N–H and O–H groups in total. The van der Waals surface area contributed by atoms with Crippen molar-refractivity contribution < 1.29 is 14.3 Å². The fourth-order valence-corrected chi connectivity index (χ4v) is 2.10. The summed E-state index contributed by atoms with van der Waals surface area (Å²) in [5.41, 5.74) is 7.47. The lowest BCUT2D eigenvalue weighted by Gasteiger charge is -2.07. The summed E-state index contributed by atoms with van der Waals surface area (Å²) in [4.78, 5) is 11.1. The molecule has 0 atom stereocenters. The maximum absolute atomic E-state index is 11.1.